The van der Waals surface area contributed by atoms with E-state index in [1.54, 1.807) is 18.2 Å². The van der Waals surface area contributed by atoms with Crippen LogP contribution < -0.4 is 15.5 Å². The number of piperidine rings is 1. The first-order chi connectivity index (χ1) is 12.1. The molecule has 2 aliphatic heterocycles. The van der Waals surface area contributed by atoms with Crippen molar-refractivity contribution in [2.45, 2.75) is 38.6 Å². The molecule has 26 heavy (non-hydrogen) atoms. The van der Waals surface area contributed by atoms with Gasteiger partial charge in [-0.25, -0.2) is 4.39 Å². The lowest BCUT2D eigenvalue weighted by Crippen LogP contribution is -2.42. The summed E-state index contributed by atoms with van der Waals surface area (Å²) in [5, 5.41) is 6.18. The van der Waals surface area contributed by atoms with Gasteiger partial charge in [-0.2, -0.15) is 0 Å². The minimum Gasteiger partial charge on any atom is -0.344 e. The molecule has 2 amide bonds. The van der Waals surface area contributed by atoms with Gasteiger partial charge >= 0.3 is 0 Å². The van der Waals surface area contributed by atoms with Crippen LogP contribution in [-0.4, -0.2) is 37.5 Å². The Morgan fingerprint density at radius 1 is 1.31 bits per heavy atom. The molecule has 144 valence electrons. The lowest BCUT2D eigenvalue weighted by atomic mass is 9.84. The number of hydrogen-bond donors (Lipinski definition) is 2. The van der Waals surface area contributed by atoms with E-state index in [4.69, 9.17) is 0 Å². The van der Waals surface area contributed by atoms with E-state index in [9.17, 15) is 14.0 Å². The van der Waals surface area contributed by atoms with Crippen LogP contribution in [0.5, 0.6) is 0 Å². The Hall–Kier alpha value is -1.66. The van der Waals surface area contributed by atoms with Gasteiger partial charge in [0.25, 0.3) is 0 Å². The Labute approximate surface area is 160 Å². The molecule has 2 unspecified atom stereocenters. The number of carbonyl (C=O) groups excluding carboxylic acids is 2. The Morgan fingerprint density at radius 3 is 2.69 bits per heavy atom. The molecule has 1 aromatic rings. The minimum absolute atomic E-state index is 0. The first-order valence-electron chi connectivity index (χ1n) is 9.12. The van der Waals surface area contributed by atoms with Gasteiger partial charge in [-0.05, 0) is 56.3 Å². The van der Waals surface area contributed by atoms with Gasteiger partial charge in [0, 0.05) is 13.0 Å². The van der Waals surface area contributed by atoms with Gasteiger partial charge in [0.2, 0.25) is 11.8 Å². The molecule has 2 fully saturated rings. The Morgan fingerprint density at radius 2 is 2.00 bits per heavy atom. The van der Waals surface area contributed by atoms with E-state index in [2.05, 4.69) is 17.6 Å². The fraction of sp³-hybridized carbons (Fsp3) is 0.579. The van der Waals surface area contributed by atoms with Crippen molar-refractivity contribution in [2.24, 2.45) is 11.8 Å². The van der Waals surface area contributed by atoms with E-state index >= 15 is 0 Å². The van der Waals surface area contributed by atoms with Crippen molar-refractivity contribution in [3.8, 4) is 0 Å². The third kappa shape index (κ3) is 4.74. The van der Waals surface area contributed by atoms with Crippen LogP contribution in [0.15, 0.2) is 24.3 Å². The molecule has 2 aliphatic rings. The Bertz CT molecular complexity index is 637. The molecular weight excluding hydrogens is 357 g/mol. The van der Waals surface area contributed by atoms with Crippen molar-refractivity contribution in [3.63, 3.8) is 0 Å². The molecule has 2 atom stereocenters. The maximum atomic E-state index is 13.9. The highest BCUT2D eigenvalue weighted by molar-refractivity contribution is 6.01. The second-order valence-electron chi connectivity index (χ2n) is 7.12. The highest BCUT2D eigenvalue weighted by atomic mass is 35.5. The molecule has 2 N–H and O–H groups in total. The van der Waals surface area contributed by atoms with Crippen molar-refractivity contribution in [1.82, 2.24) is 10.6 Å². The van der Waals surface area contributed by atoms with Crippen LogP contribution in [0.4, 0.5) is 10.1 Å². The number of hydrogen-bond acceptors (Lipinski definition) is 3. The number of carbonyl (C=O) groups is 2. The van der Waals surface area contributed by atoms with E-state index in [0.717, 1.165) is 25.9 Å². The topological polar surface area (TPSA) is 61.4 Å². The van der Waals surface area contributed by atoms with E-state index in [0.29, 0.717) is 31.2 Å². The average molecular weight is 384 g/mol. The average Bonchev–Trinajstić information content (AvgIpc) is 2.96. The summed E-state index contributed by atoms with van der Waals surface area (Å²) in [5.41, 5.74) is 0.285. The fourth-order valence-corrected chi connectivity index (χ4v) is 3.85. The molecule has 3 rings (SSSR count). The monoisotopic (exact) mass is 383 g/mol. The number of rotatable bonds is 5. The van der Waals surface area contributed by atoms with Gasteiger partial charge in [0.15, 0.2) is 0 Å². The highest BCUT2D eigenvalue weighted by Gasteiger charge is 2.35. The molecule has 0 aliphatic carbocycles. The Kier molecular flexibility index (Phi) is 7.41. The maximum absolute atomic E-state index is 13.9. The zero-order valence-corrected chi connectivity index (χ0v) is 15.9. The molecule has 7 heteroatoms. The summed E-state index contributed by atoms with van der Waals surface area (Å²) in [6.07, 6.45) is 3.14. The SMILES string of the molecule is CC(CC(=O)NC1CCN(c2ccccc2F)C1=O)C1CCNCC1.Cl. The largest absolute Gasteiger partial charge is 0.344 e. The fourth-order valence-electron chi connectivity index (χ4n) is 3.85. The molecule has 2 heterocycles. The second-order valence-corrected chi connectivity index (χ2v) is 7.12. The van der Waals surface area contributed by atoms with Crippen molar-refractivity contribution in [3.05, 3.63) is 30.1 Å². The summed E-state index contributed by atoms with van der Waals surface area (Å²) in [7, 11) is 0. The maximum Gasteiger partial charge on any atom is 0.249 e. The quantitative estimate of drug-likeness (QED) is 0.821. The van der Waals surface area contributed by atoms with Crippen LogP contribution in [0.1, 0.15) is 32.6 Å². The van der Waals surface area contributed by atoms with Crippen molar-refractivity contribution < 1.29 is 14.0 Å². The third-order valence-electron chi connectivity index (χ3n) is 5.38. The number of nitrogens with one attached hydrogen (secondary N) is 2. The van der Waals surface area contributed by atoms with E-state index < -0.39 is 11.9 Å². The van der Waals surface area contributed by atoms with Gasteiger partial charge < -0.3 is 15.5 Å². The summed E-state index contributed by atoms with van der Waals surface area (Å²) in [6.45, 7) is 4.55. The van der Waals surface area contributed by atoms with Crippen LogP contribution in [-0.2, 0) is 9.59 Å². The number of para-hydroxylation sites is 1. The van der Waals surface area contributed by atoms with Crippen LogP contribution in [0.3, 0.4) is 0 Å². The standard InChI is InChI=1S/C19H26FN3O2.ClH/c1-13(14-6-9-21-10-7-14)12-18(24)22-16-8-11-23(19(16)25)17-5-3-2-4-15(17)20;/h2-5,13-14,16,21H,6-12H2,1H3,(H,22,24);1H. The number of benzene rings is 1. The number of halogens is 2. The minimum atomic E-state index is -0.549. The van der Waals surface area contributed by atoms with E-state index in [-0.39, 0.29) is 29.9 Å². The van der Waals surface area contributed by atoms with Crippen LogP contribution in [0.2, 0.25) is 0 Å². The molecule has 0 bridgehead atoms. The third-order valence-corrected chi connectivity index (χ3v) is 5.38. The summed E-state index contributed by atoms with van der Waals surface area (Å²) >= 11 is 0. The predicted molar refractivity (Wildman–Crippen MR) is 102 cm³/mol. The summed E-state index contributed by atoms with van der Waals surface area (Å²) < 4.78 is 13.9. The molecule has 0 aromatic heterocycles. The zero-order valence-electron chi connectivity index (χ0n) is 15.0. The molecule has 5 nitrogen and oxygen atoms in total. The smallest absolute Gasteiger partial charge is 0.249 e. The van der Waals surface area contributed by atoms with Gasteiger partial charge in [-0.3, -0.25) is 9.59 Å². The van der Waals surface area contributed by atoms with Crippen molar-refractivity contribution in [1.29, 1.82) is 0 Å². The molecule has 2 saturated heterocycles. The zero-order chi connectivity index (χ0) is 17.8. The predicted octanol–water partition coefficient (Wildman–Crippen LogP) is 2.49. The highest BCUT2D eigenvalue weighted by Crippen LogP contribution is 2.26. The van der Waals surface area contributed by atoms with Crippen LogP contribution in [0, 0.1) is 17.7 Å². The van der Waals surface area contributed by atoms with E-state index in [1.165, 1.54) is 11.0 Å². The van der Waals surface area contributed by atoms with Crippen molar-refractivity contribution >= 4 is 29.9 Å². The van der Waals surface area contributed by atoms with Gasteiger partial charge in [-0.1, -0.05) is 19.1 Å². The van der Waals surface area contributed by atoms with Gasteiger partial charge in [0.05, 0.1) is 5.69 Å². The number of anilines is 1. The molecule has 0 spiro atoms. The summed E-state index contributed by atoms with van der Waals surface area (Å²) in [5.74, 6) is 0.137. The number of nitrogens with zero attached hydrogens (tertiary/aromatic N) is 1. The second kappa shape index (κ2) is 9.33. The number of amides is 2. The van der Waals surface area contributed by atoms with Gasteiger partial charge in [-0.15, -0.1) is 12.4 Å². The molecule has 0 saturated carbocycles. The van der Waals surface area contributed by atoms with Gasteiger partial charge in [0.1, 0.15) is 11.9 Å². The normalized spacial score (nSPS) is 22.0. The Balaban J connectivity index is 0.00000243. The van der Waals surface area contributed by atoms with Crippen LogP contribution >= 0.6 is 12.4 Å². The van der Waals surface area contributed by atoms with E-state index in [1.807, 2.05) is 0 Å². The summed E-state index contributed by atoms with van der Waals surface area (Å²) in [4.78, 5) is 26.3. The molecule has 0 radical (unpaired) electrons. The molecular formula is C19H27ClFN3O2. The first kappa shape index (κ1) is 20.6. The van der Waals surface area contributed by atoms with Crippen molar-refractivity contribution in [2.75, 3.05) is 24.5 Å². The molecule has 1 aromatic carbocycles. The lowest BCUT2D eigenvalue weighted by molar-refractivity contribution is -0.127. The first-order valence-corrected chi connectivity index (χ1v) is 9.12. The lowest BCUT2D eigenvalue weighted by Gasteiger charge is -2.28. The van der Waals surface area contributed by atoms with Crippen LogP contribution in [0.25, 0.3) is 0 Å². The summed E-state index contributed by atoms with van der Waals surface area (Å²) in [6, 6.07) is 5.69.